The first-order valence-electron chi connectivity index (χ1n) is 6.72. The lowest BCUT2D eigenvalue weighted by Gasteiger charge is -2.18. The molecule has 18 heavy (non-hydrogen) atoms. The molecule has 0 aliphatic carbocycles. The Bertz CT molecular complexity index is 426. The second-order valence-electron chi connectivity index (χ2n) is 5.64. The Morgan fingerprint density at radius 2 is 2.28 bits per heavy atom. The van der Waals surface area contributed by atoms with Crippen molar-refractivity contribution in [3.05, 3.63) is 35.4 Å². The van der Waals surface area contributed by atoms with E-state index in [4.69, 9.17) is 11.1 Å². The van der Waals surface area contributed by atoms with Crippen molar-refractivity contribution in [3.8, 4) is 0 Å². The van der Waals surface area contributed by atoms with Gasteiger partial charge in [0.2, 0.25) is 0 Å². The van der Waals surface area contributed by atoms with E-state index in [-0.39, 0.29) is 5.84 Å². The van der Waals surface area contributed by atoms with Gasteiger partial charge in [-0.15, -0.1) is 0 Å². The minimum atomic E-state index is 0.151. The van der Waals surface area contributed by atoms with Crippen molar-refractivity contribution in [1.29, 1.82) is 5.41 Å². The second-order valence-corrected chi connectivity index (χ2v) is 5.64. The highest BCUT2D eigenvalue weighted by atomic mass is 15.1. The Morgan fingerprint density at radius 3 is 2.89 bits per heavy atom. The van der Waals surface area contributed by atoms with E-state index in [2.05, 4.69) is 24.8 Å². The summed E-state index contributed by atoms with van der Waals surface area (Å²) in [6.07, 6.45) is 1.31. The molecule has 0 radical (unpaired) electrons. The molecule has 3 nitrogen and oxygen atoms in total. The minimum absolute atomic E-state index is 0.151. The zero-order chi connectivity index (χ0) is 13.1. The molecular formula is C15H23N3. The molecule has 1 aromatic carbocycles. The molecule has 1 atom stereocenters. The number of amidine groups is 1. The molecule has 0 aromatic heterocycles. The zero-order valence-electron chi connectivity index (χ0n) is 11.3. The van der Waals surface area contributed by atoms with Gasteiger partial charge < -0.3 is 5.73 Å². The summed E-state index contributed by atoms with van der Waals surface area (Å²) in [5.74, 6) is 1.76. The summed E-state index contributed by atoms with van der Waals surface area (Å²) in [7, 11) is 0. The summed E-state index contributed by atoms with van der Waals surface area (Å²) in [4.78, 5) is 2.50. The molecule has 1 fully saturated rings. The Morgan fingerprint density at radius 1 is 1.50 bits per heavy atom. The van der Waals surface area contributed by atoms with Crippen LogP contribution in [0.5, 0.6) is 0 Å². The number of nitrogens with two attached hydrogens (primary N) is 1. The Balaban J connectivity index is 1.98. The van der Waals surface area contributed by atoms with Gasteiger partial charge in [0.05, 0.1) is 0 Å². The van der Waals surface area contributed by atoms with Crippen molar-refractivity contribution in [2.24, 2.45) is 17.6 Å². The van der Waals surface area contributed by atoms with Crippen molar-refractivity contribution in [2.75, 3.05) is 13.1 Å². The van der Waals surface area contributed by atoms with Crippen molar-refractivity contribution < 1.29 is 0 Å². The van der Waals surface area contributed by atoms with Gasteiger partial charge in [-0.25, -0.2) is 0 Å². The average Bonchev–Trinajstić information content (AvgIpc) is 2.78. The van der Waals surface area contributed by atoms with Gasteiger partial charge in [-0.1, -0.05) is 32.0 Å². The van der Waals surface area contributed by atoms with Crippen LogP contribution in [0.3, 0.4) is 0 Å². The fraction of sp³-hybridized carbons (Fsp3) is 0.533. The first-order valence-corrected chi connectivity index (χ1v) is 6.72. The molecule has 1 aliphatic rings. The van der Waals surface area contributed by atoms with E-state index >= 15 is 0 Å². The van der Waals surface area contributed by atoms with Crippen LogP contribution in [-0.4, -0.2) is 23.8 Å². The maximum atomic E-state index is 7.47. The molecule has 1 unspecified atom stereocenters. The van der Waals surface area contributed by atoms with Gasteiger partial charge in [-0.2, -0.15) is 0 Å². The average molecular weight is 245 g/mol. The number of nitrogens with zero attached hydrogens (tertiary/aromatic N) is 1. The summed E-state index contributed by atoms with van der Waals surface area (Å²) in [6.45, 7) is 7.98. The quantitative estimate of drug-likeness (QED) is 0.632. The third-order valence-corrected chi connectivity index (χ3v) is 3.90. The highest BCUT2D eigenvalue weighted by molar-refractivity contribution is 5.95. The summed E-state index contributed by atoms with van der Waals surface area (Å²) in [5.41, 5.74) is 7.60. The fourth-order valence-corrected chi connectivity index (χ4v) is 2.65. The molecule has 1 aromatic rings. The van der Waals surface area contributed by atoms with E-state index in [9.17, 15) is 0 Å². The molecule has 2 rings (SSSR count). The molecule has 0 spiro atoms. The van der Waals surface area contributed by atoms with E-state index < -0.39 is 0 Å². The molecule has 3 heteroatoms. The van der Waals surface area contributed by atoms with Gasteiger partial charge in [0.1, 0.15) is 5.84 Å². The molecule has 1 heterocycles. The third kappa shape index (κ3) is 3.10. The van der Waals surface area contributed by atoms with Gasteiger partial charge >= 0.3 is 0 Å². The van der Waals surface area contributed by atoms with Crippen molar-refractivity contribution in [1.82, 2.24) is 4.90 Å². The van der Waals surface area contributed by atoms with Crippen LogP contribution in [0, 0.1) is 17.2 Å². The molecule has 3 N–H and O–H groups in total. The van der Waals surface area contributed by atoms with E-state index in [0.717, 1.165) is 23.9 Å². The zero-order valence-corrected chi connectivity index (χ0v) is 11.3. The van der Waals surface area contributed by atoms with E-state index in [1.807, 2.05) is 18.2 Å². The summed E-state index contributed by atoms with van der Waals surface area (Å²) in [5, 5.41) is 7.47. The predicted molar refractivity (Wildman–Crippen MR) is 75.7 cm³/mol. The smallest absolute Gasteiger partial charge is 0.122 e. The van der Waals surface area contributed by atoms with Gasteiger partial charge in [-0.3, -0.25) is 10.3 Å². The Hall–Kier alpha value is -1.35. The second kappa shape index (κ2) is 5.53. The van der Waals surface area contributed by atoms with Crippen LogP contribution in [0.4, 0.5) is 0 Å². The molecule has 0 saturated carbocycles. The highest BCUT2D eigenvalue weighted by Gasteiger charge is 2.24. The number of hydrogen-bond acceptors (Lipinski definition) is 2. The Kier molecular flexibility index (Phi) is 4.02. The normalized spacial score (nSPS) is 20.5. The number of benzene rings is 1. The number of rotatable bonds is 4. The van der Waals surface area contributed by atoms with Crippen LogP contribution in [0.2, 0.25) is 0 Å². The summed E-state index contributed by atoms with van der Waals surface area (Å²) < 4.78 is 0. The maximum absolute atomic E-state index is 7.47. The van der Waals surface area contributed by atoms with Gasteiger partial charge in [0.25, 0.3) is 0 Å². The summed E-state index contributed by atoms with van der Waals surface area (Å²) in [6, 6.07) is 8.04. The molecule has 0 bridgehead atoms. The third-order valence-electron chi connectivity index (χ3n) is 3.90. The number of nitrogens with one attached hydrogen (secondary N) is 1. The van der Waals surface area contributed by atoms with Crippen molar-refractivity contribution >= 4 is 5.84 Å². The predicted octanol–water partition coefficient (Wildman–Crippen LogP) is 2.45. The van der Waals surface area contributed by atoms with Crippen LogP contribution < -0.4 is 5.73 Å². The lowest BCUT2D eigenvalue weighted by molar-refractivity contribution is 0.297. The minimum Gasteiger partial charge on any atom is -0.384 e. The van der Waals surface area contributed by atoms with E-state index in [1.165, 1.54) is 25.1 Å². The number of likely N-dealkylation sites (tertiary alicyclic amines) is 1. The van der Waals surface area contributed by atoms with Crippen LogP contribution >= 0.6 is 0 Å². The van der Waals surface area contributed by atoms with Gasteiger partial charge in [-0.05, 0) is 36.4 Å². The Labute approximate surface area is 109 Å². The van der Waals surface area contributed by atoms with Crippen LogP contribution in [0.15, 0.2) is 24.3 Å². The topological polar surface area (TPSA) is 53.1 Å². The van der Waals surface area contributed by atoms with Crippen LogP contribution in [-0.2, 0) is 6.54 Å². The largest absolute Gasteiger partial charge is 0.384 e. The van der Waals surface area contributed by atoms with E-state index in [1.54, 1.807) is 0 Å². The SMILES string of the molecule is CC(C)C1CCN(Cc2cccc(C(=N)N)c2)C1. The van der Waals surface area contributed by atoms with Gasteiger partial charge in [0.15, 0.2) is 0 Å². The van der Waals surface area contributed by atoms with Crippen LogP contribution in [0.25, 0.3) is 0 Å². The molecule has 98 valence electrons. The molecule has 1 saturated heterocycles. The standard InChI is InChI=1S/C15H23N3/c1-11(2)14-6-7-18(10-14)9-12-4-3-5-13(8-12)15(16)17/h3-5,8,11,14H,6-7,9-10H2,1-2H3,(H3,16,17). The number of hydrogen-bond donors (Lipinski definition) is 2. The maximum Gasteiger partial charge on any atom is 0.122 e. The monoisotopic (exact) mass is 245 g/mol. The first kappa shape index (κ1) is 13.1. The first-order chi connectivity index (χ1) is 8.56. The summed E-state index contributed by atoms with van der Waals surface area (Å²) >= 11 is 0. The van der Waals surface area contributed by atoms with Crippen molar-refractivity contribution in [3.63, 3.8) is 0 Å². The van der Waals surface area contributed by atoms with Crippen LogP contribution in [0.1, 0.15) is 31.4 Å². The van der Waals surface area contributed by atoms with Gasteiger partial charge in [0, 0.05) is 18.7 Å². The lowest BCUT2D eigenvalue weighted by Crippen LogP contribution is -2.21. The molecule has 1 aliphatic heterocycles. The lowest BCUT2D eigenvalue weighted by atomic mass is 9.95. The number of nitrogen functional groups attached to an aromatic ring is 1. The highest BCUT2D eigenvalue weighted by Crippen LogP contribution is 2.24. The molecular weight excluding hydrogens is 222 g/mol. The van der Waals surface area contributed by atoms with Crippen molar-refractivity contribution in [2.45, 2.75) is 26.8 Å². The molecule has 0 amide bonds. The van der Waals surface area contributed by atoms with E-state index in [0.29, 0.717) is 0 Å². The fourth-order valence-electron chi connectivity index (χ4n) is 2.65.